The molecule has 11 heteroatoms. The molecule has 7 nitrogen and oxygen atoms in total. The van der Waals surface area contributed by atoms with Gasteiger partial charge in [0.05, 0.1) is 22.9 Å². The molecule has 1 aliphatic rings. The summed E-state index contributed by atoms with van der Waals surface area (Å²) in [5.74, 6) is -2.13. The highest BCUT2D eigenvalue weighted by Gasteiger charge is 2.53. The minimum atomic E-state index is -4.88. The summed E-state index contributed by atoms with van der Waals surface area (Å²) in [4.78, 5) is 39.7. The molecule has 184 valence electrons. The van der Waals surface area contributed by atoms with Crippen LogP contribution in [0.25, 0.3) is 0 Å². The third-order valence-electron chi connectivity index (χ3n) is 5.63. The highest BCUT2D eigenvalue weighted by Crippen LogP contribution is 2.39. The summed E-state index contributed by atoms with van der Waals surface area (Å²) in [6.07, 6.45) is -4.88. The van der Waals surface area contributed by atoms with E-state index in [0.717, 1.165) is 23.1 Å². The van der Waals surface area contributed by atoms with Crippen molar-refractivity contribution in [2.45, 2.75) is 46.0 Å². The van der Waals surface area contributed by atoms with Gasteiger partial charge in [0.2, 0.25) is 5.91 Å². The van der Waals surface area contributed by atoms with E-state index in [9.17, 15) is 31.9 Å². The van der Waals surface area contributed by atoms with Gasteiger partial charge in [0.1, 0.15) is 11.4 Å². The van der Waals surface area contributed by atoms with Gasteiger partial charge < -0.3 is 5.32 Å². The lowest BCUT2D eigenvalue weighted by atomic mass is 10.0. The first-order valence-electron chi connectivity index (χ1n) is 10.6. The van der Waals surface area contributed by atoms with Crippen molar-refractivity contribution in [2.75, 3.05) is 9.80 Å². The summed E-state index contributed by atoms with van der Waals surface area (Å²) in [5.41, 5.74) is -3.69. The summed E-state index contributed by atoms with van der Waals surface area (Å²) >= 11 is 0. The quantitative estimate of drug-likeness (QED) is 0.484. The summed E-state index contributed by atoms with van der Waals surface area (Å²) in [6, 6.07) is 6.75. The number of amides is 4. The molecule has 1 aliphatic heterocycles. The Morgan fingerprint density at radius 2 is 1.74 bits per heavy atom. The predicted octanol–water partition coefficient (Wildman–Crippen LogP) is 4.74. The first-order chi connectivity index (χ1) is 16.2. The Morgan fingerprint density at radius 1 is 1.11 bits per heavy atom. The molecule has 35 heavy (non-hydrogen) atoms. The molecule has 2 aromatic rings. The van der Waals surface area contributed by atoms with Gasteiger partial charge in [-0.05, 0) is 44.2 Å². The Hall–Kier alpha value is -3.94. The smallest absolute Gasteiger partial charge is 0.352 e. The van der Waals surface area contributed by atoms with Crippen molar-refractivity contribution < 1.29 is 31.9 Å². The van der Waals surface area contributed by atoms with Gasteiger partial charge in [-0.1, -0.05) is 19.9 Å². The SMILES string of the molecule is CC(C)C(=O)NCc1ccc(N2C(=O)N(c3ccc(C#N)c(C(F)(F)F)c3)C(=O)C2(C)C)cc1F. The van der Waals surface area contributed by atoms with Gasteiger partial charge >= 0.3 is 12.2 Å². The van der Waals surface area contributed by atoms with Crippen molar-refractivity contribution in [3.05, 3.63) is 58.9 Å². The van der Waals surface area contributed by atoms with Crippen molar-refractivity contribution in [3.8, 4) is 6.07 Å². The second-order valence-corrected chi connectivity index (χ2v) is 8.81. The van der Waals surface area contributed by atoms with E-state index in [1.54, 1.807) is 13.8 Å². The Labute approximate surface area is 198 Å². The first kappa shape index (κ1) is 25.7. The van der Waals surface area contributed by atoms with Gasteiger partial charge in [-0.15, -0.1) is 0 Å². The Balaban J connectivity index is 1.98. The number of halogens is 4. The molecule has 3 rings (SSSR count). The second kappa shape index (κ2) is 9.02. The van der Waals surface area contributed by atoms with Crippen LogP contribution >= 0.6 is 0 Å². The fourth-order valence-corrected chi connectivity index (χ4v) is 3.66. The van der Waals surface area contributed by atoms with Crippen molar-refractivity contribution in [3.63, 3.8) is 0 Å². The zero-order valence-corrected chi connectivity index (χ0v) is 19.3. The zero-order chi connectivity index (χ0) is 26.3. The molecule has 1 saturated heterocycles. The number of hydrogen-bond acceptors (Lipinski definition) is 4. The number of nitriles is 1. The lowest BCUT2D eigenvalue weighted by Crippen LogP contribution is -2.44. The van der Waals surface area contributed by atoms with Gasteiger partial charge in [-0.3, -0.25) is 14.5 Å². The zero-order valence-electron chi connectivity index (χ0n) is 19.3. The summed E-state index contributed by atoms with van der Waals surface area (Å²) < 4.78 is 55.0. The minimum absolute atomic E-state index is 0.0111. The number of nitrogens with one attached hydrogen (secondary N) is 1. The normalized spacial score (nSPS) is 15.5. The molecule has 4 amide bonds. The van der Waals surface area contributed by atoms with Gasteiger partial charge in [0, 0.05) is 23.7 Å². The Bertz CT molecular complexity index is 1250. The number of anilines is 2. The van der Waals surface area contributed by atoms with Crippen LogP contribution in [0.5, 0.6) is 0 Å². The molecule has 1 N–H and O–H groups in total. The molecule has 1 fully saturated rings. The van der Waals surface area contributed by atoms with Crippen LogP contribution in [0.3, 0.4) is 0 Å². The largest absolute Gasteiger partial charge is 0.417 e. The molecule has 2 aromatic carbocycles. The molecule has 0 aliphatic carbocycles. The van der Waals surface area contributed by atoms with E-state index in [-0.39, 0.29) is 35.3 Å². The molecular formula is C24H22F4N4O3. The molecule has 0 spiro atoms. The summed E-state index contributed by atoms with van der Waals surface area (Å²) in [7, 11) is 0. The number of carbonyl (C=O) groups is 3. The summed E-state index contributed by atoms with van der Waals surface area (Å²) in [6.45, 7) is 6.05. The third-order valence-corrected chi connectivity index (χ3v) is 5.63. The van der Waals surface area contributed by atoms with Crippen molar-refractivity contribution in [1.82, 2.24) is 5.32 Å². The monoisotopic (exact) mass is 490 g/mol. The van der Waals surface area contributed by atoms with Gasteiger partial charge in [0.25, 0.3) is 5.91 Å². The number of urea groups is 1. The number of rotatable bonds is 5. The topological polar surface area (TPSA) is 93.5 Å². The molecule has 0 atom stereocenters. The highest BCUT2D eigenvalue weighted by atomic mass is 19.4. The molecule has 0 aromatic heterocycles. The third kappa shape index (κ3) is 4.69. The summed E-state index contributed by atoms with van der Waals surface area (Å²) in [5, 5.41) is 11.6. The van der Waals surface area contributed by atoms with E-state index in [0.29, 0.717) is 11.0 Å². The van der Waals surface area contributed by atoms with Crippen LogP contribution in [-0.2, 0) is 22.3 Å². The van der Waals surface area contributed by atoms with E-state index in [4.69, 9.17) is 5.26 Å². The molecular weight excluding hydrogens is 468 g/mol. The second-order valence-electron chi connectivity index (χ2n) is 8.81. The predicted molar refractivity (Wildman–Crippen MR) is 119 cm³/mol. The molecule has 0 bridgehead atoms. The van der Waals surface area contributed by atoms with E-state index in [1.165, 1.54) is 32.0 Å². The number of benzene rings is 2. The van der Waals surface area contributed by atoms with Crippen LogP contribution in [0.4, 0.5) is 33.7 Å². The number of alkyl halides is 3. The molecule has 1 heterocycles. The van der Waals surface area contributed by atoms with Crippen LogP contribution < -0.4 is 15.1 Å². The number of hydrogen-bond donors (Lipinski definition) is 1. The van der Waals surface area contributed by atoms with Crippen LogP contribution in [0.1, 0.15) is 44.4 Å². The van der Waals surface area contributed by atoms with Crippen LogP contribution in [0, 0.1) is 23.1 Å². The molecule has 0 unspecified atom stereocenters. The Kier molecular flexibility index (Phi) is 6.62. The molecule has 0 radical (unpaired) electrons. The molecule has 0 saturated carbocycles. The first-order valence-corrected chi connectivity index (χ1v) is 10.6. The van der Waals surface area contributed by atoms with Gasteiger partial charge in [0.15, 0.2) is 0 Å². The van der Waals surface area contributed by atoms with Crippen molar-refractivity contribution >= 4 is 29.2 Å². The van der Waals surface area contributed by atoms with E-state index in [2.05, 4.69) is 5.32 Å². The maximum absolute atomic E-state index is 14.8. The van der Waals surface area contributed by atoms with Crippen molar-refractivity contribution in [2.24, 2.45) is 5.92 Å². The van der Waals surface area contributed by atoms with E-state index < -0.39 is 40.6 Å². The van der Waals surface area contributed by atoms with Crippen LogP contribution in [0.15, 0.2) is 36.4 Å². The Morgan fingerprint density at radius 3 is 2.29 bits per heavy atom. The van der Waals surface area contributed by atoms with Gasteiger partial charge in [-0.25, -0.2) is 14.1 Å². The number of carbonyl (C=O) groups excluding carboxylic acids is 3. The average molecular weight is 490 g/mol. The number of nitrogens with zero attached hydrogens (tertiary/aromatic N) is 3. The number of imide groups is 1. The maximum atomic E-state index is 14.8. The fraction of sp³-hybridized carbons (Fsp3) is 0.333. The maximum Gasteiger partial charge on any atom is 0.417 e. The lowest BCUT2D eigenvalue weighted by Gasteiger charge is -2.28. The standard InChI is InChI=1S/C24H22F4N4O3/c1-13(2)20(33)30-12-15-6-8-17(10-19(15)25)32-22(35)31(21(34)23(32,3)4)16-7-5-14(11-29)18(9-16)24(26,27)28/h5-10,13H,12H2,1-4H3,(H,30,33). The minimum Gasteiger partial charge on any atom is -0.352 e. The average Bonchev–Trinajstić information content (AvgIpc) is 2.95. The van der Waals surface area contributed by atoms with Gasteiger partial charge in [-0.2, -0.15) is 18.4 Å². The van der Waals surface area contributed by atoms with E-state index >= 15 is 0 Å². The van der Waals surface area contributed by atoms with Crippen molar-refractivity contribution in [1.29, 1.82) is 5.26 Å². The van der Waals surface area contributed by atoms with Crippen LogP contribution in [0.2, 0.25) is 0 Å². The fourth-order valence-electron chi connectivity index (χ4n) is 3.66. The van der Waals surface area contributed by atoms with Crippen LogP contribution in [-0.4, -0.2) is 23.4 Å². The van der Waals surface area contributed by atoms with E-state index in [1.807, 2.05) is 0 Å². The highest BCUT2D eigenvalue weighted by molar-refractivity contribution is 6.30. The lowest BCUT2D eigenvalue weighted by molar-refractivity contribution is -0.137.